The largest absolute Gasteiger partial charge is 0.494 e. The van der Waals surface area contributed by atoms with Crippen LogP contribution in [-0.4, -0.2) is 55.5 Å². The van der Waals surface area contributed by atoms with Gasteiger partial charge in [-0.25, -0.2) is 4.39 Å². The average molecular weight is 351 g/mol. The first-order valence-corrected chi connectivity index (χ1v) is 9.03. The van der Waals surface area contributed by atoms with Crippen LogP contribution in [0.1, 0.15) is 32.3 Å². The predicted molar refractivity (Wildman–Crippen MR) is 96.9 cm³/mol. The molecular weight excluding hydrogens is 321 g/mol. The Morgan fingerprint density at radius 2 is 1.88 bits per heavy atom. The third kappa shape index (κ3) is 4.30. The van der Waals surface area contributed by atoms with Crippen LogP contribution in [0.3, 0.4) is 0 Å². The van der Waals surface area contributed by atoms with E-state index in [0.29, 0.717) is 26.2 Å². The highest BCUT2D eigenvalue weighted by molar-refractivity contribution is 5.83. The topological polar surface area (TPSA) is 58.8 Å². The van der Waals surface area contributed by atoms with Crippen molar-refractivity contribution < 1.29 is 13.9 Å². The van der Waals surface area contributed by atoms with Crippen LogP contribution >= 0.6 is 0 Å². The van der Waals surface area contributed by atoms with E-state index >= 15 is 0 Å². The zero-order valence-corrected chi connectivity index (χ0v) is 15.6. The molecule has 6 heteroatoms. The van der Waals surface area contributed by atoms with Gasteiger partial charge in [0.2, 0.25) is 5.91 Å². The maximum atomic E-state index is 13.8. The molecule has 0 unspecified atom stereocenters. The van der Waals surface area contributed by atoms with Crippen molar-refractivity contribution in [3.05, 3.63) is 29.6 Å². The van der Waals surface area contributed by atoms with E-state index in [4.69, 9.17) is 10.5 Å². The van der Waals surface area contributed by atoms with Gasteiger partial charge in [-0.05, 0) is 30.5 Å². The van der Waals surface area contributed by atoms with E-state index in [2.05, 4.69) is 4.90 Å². The number of rotatable bonds is 7. The number of nitrogens with two attached hydrogens (primary N) is 1. The number of hydrogen-bond donors (Lipinski definition) is 1. The number of methoxy groups -OCH3 is 1. The molecule has 0 aliphatic carbocycles. The van der Waals surface area contributed by atoms with Crippen LogP contribution in [0, 0.1) is 11.2 Å². The number of piperazine rings is 1. The van der Waals surface area contributed by atoms with Crippen molar-refractivity contribution in [3.63, 3.8) is 0 Å². The first kappa shape index (κ1) is 19.7. The molecule has 1 aliphatic rings. The highest BCUT2D eigenvalue weighted by atomic mass is 19.1. The highest BCUT2D eigenvalue weighted by Gasteiger charge is 2.37. The number of nitrogens with zero attached hydrogens (tertiary/aromatic N) is 2. The van der Waals surface area contributed by atoms with Crippen molar-refractivity contribution in [1.29, 1.82) is 0 Å². The first-order chi connectivity index (χ1) is 12.0. The maximum Gasteiger partial charge on any atom is 0.230 e. The lowest BCUT2D eigenvalue weighted by Gasteiger charge is -2.40. The van der Waals surface area contributed by atoms with Gasteiger partial charge >= 0.3 is 0 Å². The van der Waals surface area contributed by atoms with Crippen molar-refractivity contribution in [2.75, 3.05) is 39.8 Å². The van der Waals surface area contributed by atoms with Crippen LogP contribution < -0.4 is 10.5 Å². The van der Waals surface area contributed by atoms with Gasteiger partial charge in [-0.1, -0.05) is 19.9 Å². The number of ether oxygens (including phenoxy) is 1. The Bertz CT molecular complexity index is 574. The molecule has 2 rings (SSSR count). The molecule has 2 N–H and O–H groups in total. The molecule has 25 heavy (non-hydrogen) atoms. The van der Waals surface area contributed by atoms with E-state index in [0.717, 1.165) is 31.5 Å². The van der Waals surface area contributed by atoms with E-state index in [1.165, 1.54) is 13.2 Å². The summed E-state index contributed by atoms with van der Waals surface area (Å²) in [5, 5.41) is 0. The fraction of sp³-hybridized carbons (Fsp3) is 0.632. The number of carbonyl (C=O) groups excluding carboxylic acids is 1. The minimum absolute atomic E-state index is 0.176. The second kappa shape index (κ2) is 8.63. The molecule has 1 saturated heterocycles. The number of hydrogen-bond acceptors (Lipinski definition) is 4. The van der Waals surface area contributed by atoms with Crippen molar-refractivity contribution in [2.24, 2.45) is 11.1 Å². The normalized spacial score (nSPS) is 16.1. The van der Waals surface area contributed by atoms with E-state index in [-0.39, 0.29) is 17.5 Å². The molecule has 0 aromatic heterocycles. The number of amides is 1. The molecule has 5 nitrogen and oxygen atoms in total. The molecule has 0 bridgehead atoms. The van der Waals surface area contributed by atoms with Gasteiger partial charge in [-0.3, -0.25) is 9.69 Å². The van der Waals surface area contributed by atoms with Crippen LogP contribution in [0.4, 0.5) is 4.39 Å². The van der Waals surface area contributed by atoms with Gasteiger partial charge in [0.25, 0.3) is 0 Å². The van der Waals surface area contributed by atoms with Gasteiger partial charge < -0.3 is 15.4 Å². The summed E-state index contributed by atoms with van der Waals surface area (Å²) in [6, 6.07) is 5.06. The molecule has 1 amide bonds. The minimum atomic E-state index is -0.429. The summed E-state index contributed by atoms with van der Waals surface area (Å²) in [5.74, 6) is 0.0963. The molecule has 1 heterocycles. The molecule has 1 fully saturated rings. The standard InChI is InChI=1S/C19H30FN3O2/c1-4-19(5-2,14-21)18(24)23-10-8-22(9-11-23)13-15-6-7-17(25-3)16(20)12-15/h6-7,12H,4-5,8-11,13-14,21H2,1-3H3. The highest BCUT2D eigenvalue weighted by Crippen LogP contribution is 2.28. The first-order valence-electron chi connectivity index (χ1n) is 9.03. The smallest absolute Gasteiger partial charge is 0.230 e. The monoisotopic (exact) mass is 351 g/mol. The van der Waals surface area contributed by atoms with Crippen molar-refractivity contribution in [1.82, 2.24) is 9.80 Å². The maximum absolute atomic E-state index is 13.8. The quantitative estimate of drug-likeness (QED) is 0.818. The lowest BCUT2D eigenvalue weighted by Crippen LogP contribution is -2.54. The Labute approximate surface area is 149 Å². The number of halogens is 1. The van der Waals surface area contributed by atoms with Gasteiger partial charge in [0.1, 0.15) is 0 Å². The van der Waals surface area contributed by atoms with E-state index in [9.17, 15) is 9.18 Å². The van der Waals surface area contributed by atoms with Gasteiger partial charge in [0.05, 0.1) is 12.5 Å². The zero-order valence-electron chi connectivity index (χ0n) is 15.6. The Balaban J connectivity index is 1.93. The van der Waals surface area contributed by atoms with Gasteiger partial charge in [0.15, 0.2) is 11.6 Å². The lowest BCUT2D eigenvalue weighted by molar-refractivity contribution is -0.144. The SMILES string of the molecule is CCC(CC)(CN)C(=O)N1CCN(Cc2ccc(OC)c(F)c2)CC1. The van der Waals surface area contributed by atoms with Crippen molar-refractivity contribution >= 4 is 5.91 Å². The molecule has 1 aromatic rings. The van der Waals surface area contributed by atoms with Crippen LogP contribution in [0.5, 0.6) is 5.75 Å². The summed E-state index contributed by atoms with van der Waals surface area (Å²) >= 11 is 0. The van der Waals surface area contributed by atoms with Crippen LogP contribution in [0.15, 0.2) is 18.2 Å². The number of benzene rings is 1. The van der Waals surface area contributed by atoms with Crippen LogP contribution in [0.25, 0.3) is 0 Å². The Morgan fingerprint density at radius 3 is 2.36 bits per heavy atom. The van der Waals surface area contributed by atoms with E-state index in [1.807, 2.05) is 24.8 Å². The molecule has 140 valence electrons. The van der Waals surface area contributed by atoms with Crippen molar-refractivity contribution in [2.45, 2.75) is 33.2 Å². The van der Waals surface area contributed by atoms with Gasteiger partial charge in [-0.2, -0.15) is 0 Å². The third-order valence-corrected chi connectivity index (χ3v) is 5.48. The molecule has 0 spiro atoms. The summed E-state index contributed by atoms with van der Waals surface area (Å²) < 4.78 is 18.8. The second-order valence-corrected chi connectivity index (χ2v) is 6.73. The summed E-state index contributed by atoms with van der Waals surface area (Å²) in [4.78, 5) is 17.0. The molecule has 1 aromatic carbocycles. The lowest BCUT2D eigenvalue weighted by atomic mass is 9.81. The molecule has 0 radical (unpaired) electrons. The fourth-order valence-corrected chi connectivity index (χ4v) is 3.44. The average Bonchev–Trinajstić information content (AvgIpc) is 2.64. The summed E-state index contributed by atoms with van der Waals surface area (Å²) in [6.45, 7) is 8.08. The number of carbonyl (C=O) groups is 1. The summed E-state index contributed by atoms with van der Waals surface area (Å²) in [6.07, 6.45) is 1.54. The molecule has 0 atom stereocenters. The van der Waals surface area contributed by atoms with Crippen LogP contribution in [0.2, 0.25) is 0 Å². The third-order valence-electron chi connectivity index (χ3n) is 5.48. The Morgan fingerprint density at radius 1 is 1.24 bits per heavy atom. The van der Waals surface area contributed by atoms with E-state index in [1.54, 1.807) is 6.07 Å². The summed E-state index contributed by atoms with van der Waals surface area (Å²) in [7, 11) is 1.46. The molecule has 0 saturated carbocycles. The molecular formula is C19H30FN3O2. The van der Waals surface area contributed by atoms with E-state index < -0.39 is 5.41 Å². The van der Waals surface area contributed by atoms with Crippen molar-refractivity contribution in [3.8, 4) is 5.75 Å². The van der Waals surface area contributed by atoms with Gasteiger partial charge in [-0.15, -0.1) is 0 Å². The molecule has 1 aliphatic heterocycles. The Kier molecular flexibility index (Phi) is 6.79. The summed E-state index contributed by atoms with van der Waals surface area (Å²) in [5.41, 5.74) is 6.38. The second-order valence-electron chi connectivity index (χ2n) is 6.73. The fourth-order valence-electron chi connectivity index (χ4n) is 3.44. The van der Waals surface area contributed by atoms with Gasteiger partial charge in [0, 0.05) is 39.3 Å². The zero-order chi connectivity index (χ0) is 18.4. The minimum Gasteiger partial charge on any atom is -0.494 e. The van der Waals surface area contributed by atoms with Crippen LogP contribution in [-0.2, 0) is 11.3 Å². The predicted octanol–water partition coefficient (Wildman–Crippen LogP) is 2.24. The Hall–Kier alpha value is -1.66.